The molecular weight excluding hydrogens is 607 g/mol. The summed E-state index contributed by atoms with van der Waals surface area (Å²) < 4.78 is 29.8. The Kier molecular flexibility index (Phi) is 11.1. The highest BCUT2D eigenvalue weighted by Crippen LogP contribution is 2.29. The Bertz CT molecular complexity index is 1750. The normalized spacial score (nSPS) is 14.3. The van der Waals surface area contributed by atoms with Gasteiger partial charge in [0.2, 0.25) is 11.8 Å². The van der Waals surface area contributed by atoms with Crippen molar-refractivity contribution in [3.8, 4) is 0 Å². The Morgan fingerprint density at radius 1 is 0.766 bits per heavy atom. The second-order valence-electron chi connectivity index (χ2n) is 12.6. The molecule has 1 N–H and O–H groups in total. The number of nitrogens with one attached hydrogen (secondary N) is 1. The van der Waals surface area contributed by atoms with Gasteiger partial charge in [0, 0.05) is 19.0 Å². The van der Waals surface area contributed by atoms with Crippen molar-refractivity contribution in [3.05, 3.63) is 131 Å². The molecule has 47 heavy (non-hydrogen) atoms. The summed E-state index contributed by atoms with van der Waals surface area (Å²) in [5.74, 6) is -0.670. The number of nitrogens with zero attached hydrogens (tertiary/aromatic N) is 2. The molecule has 0 heterocycles. The minimum Gasteiger partial charge on any atom is -0.352 e. The fourth-order valence-corrected chi connectivity index (χ4v) is 7.72. The Morgan fingerprint density at radius 2 is 1.40 bits per heavy atom. The summed E-state index contributed by atoms with van der Waals surface area (Å²) in [5, 5.41) is 3.26. The molecule has 7 nitrogen and oxygen atoms in total. The van der Waals surface area contributed by atoms with Gasteiger partial charge < -0.3 is 10.2 Å². The highest BCUT2D eigenvalue weighted by molar-refractivity contribution is 7.92. The molecule has 5 rings (SSSR count). The molecule has 1 atom stereocenters. The molecule has 0 aliphatic heterocycles. The van der Waals surface area contributed by atoms with E-state index in [2.05, 4.69) is 5.32 Å². The fourth-order valence-electron chi connectivity index (χ4n) is 6.23. The maximum atomic E-state index is 14.7. The number of benzene rings is 4. The predicted molar refractivity (Wildman–Crippen MR) is 188 cm³/mol. The average Bonchev–Trinajstić information content (AvgIpc) is 3.08. The molecule has 0 radical (unpaired) electrons. The van der Waals surface area contributed by atoms with Crippen molar-refractivity contribution in [1.82, 2.24) is 10.2 Å². The molecule has 0 spiro atoms. The Labute approximate surface area is 279 Å². The van der Waals surface area contributed by atoms with E-state index in [4.69, 9.17) is 0 Å². The van der Waals surface area contributed by atoms with Crippen LogP contribution in [0.4, 0.5) is 5.69 Å². The molecule has 0 unspecified atom stereocenters. The van der Waals surface area contributed by atoms with Crippen molar-refractivity contribution >= 4 is 27.5 Å². The van der Waals surface area contributed by atoms with Crippen molar-refractivity contribution < 1.29 is 18.0 Å². The quantitative estimate of drug-likeness (QED) is 0.181. The maximum absolute atomic E-state index is 14.7. The van der Waals surface area contributed by atoms with Gasteiger partial charge >= 0.3 is 0 Å². The number of carbonyl (C=O) groups excluding carboxylic acids is 2. The molecule has 1 fully saturated rings. The molecule has 246 valence electrons. The van der Waals surface area contributed by atoms with Crippen molar-refractivity contribution in [2.45, 2.75) is 82.8 Å². The number of hydrogen-bond donors (Lipinski definition) is 1. The number of amides is 2. The van der Waals surface area contributed by atoms with Gasteiger partial charge in [-0.05, 0) is 74.1 Å². The Morgan fingerprint density at radius 3 is 2.06 bits per heavy atom. The van der Waals surface area contributed by atoms with E-state index in [1.807, 2.05) is 81.4 Å². The zero-order valence-corrected chi connectivity index (χ0v) is 28.4. The molecule has 2 amide bonds. The number of anilines is 1. The first-order valence-corrected chi connectivity index (χ1v) is 17.9. The summed E-state index contributed by atoms with van der Waals surface area (Å²) in [4.78, 5) is 30.7. The van der Waals surface area contributed by atoms with Crippen LogP contribution in [-0.2, 0) is 32.6 Å². The first-order valence-electron chi connectivity index (χ1n) is 16.5. The van der Waals surface area contributed by atoms with Gasteiger partial charge in [0.15, 0.2) is 0 Å². The molecule has 1 aliphatic rings. The molecule has 1 saturated carbocycles. The average molecular weight is 652 g/mol. The SMILES string of the molecule is Cc1ccc(CN(C(=O)CN(c2cccc(C)c2C)S(=O)(=O)c2ccccc2)[C@@H](Cc2ccccc2)C(=O)NC2CCCCC2)cc1. The first-order chi connectivity index (χ1) is 22.6. The molecular formula is C39H45N3O4S. The van der Waals surface area contributed by atoms with Gasteiger partial charge in [0.05, 0.1) is 10.6 Å². The number of aryl methyl sites for hydroxylation is 2. The summed E-state index contributed by atoms with van der Waals surface area (Å²) in [6.45, 7) is 5.47. The van der Waals surface area contributed by atoms with Crippen molar-refractivity contribution in [1.29, 1.82) is 0 Å². The standard InChI is InChI=1S/C39H45N3O4S/c1-29-22-24-33(25-23-29)27-41(37(26-32-15-7-4-8-16-32)39(44)40-34-17-9-5-10-18-34)38(43)28-42(36-21-13-14-30(2)31(36)3)47(45,46)35-19-11-6-12-20-35/h4,6-8,11-16,19-25,34,37H,5,9-10,17-18,26-28H2,1-3H3,(H,40,44)/t37-/m0/s1. The van der Waals surface area contributed by atoms with Crippen LogP contribution in [-0.4, -0.2) is 43.8 Å². The second kappa shape index (κ2) is 15.4. The van der Waals surface area contributed by atoms with E-state index in [0.717, 1.165) is 59.9 Å². The van der Waals surface area contributed by atoms with Gasteiger partial charge in [-0.2, -0.15) is 0 Å². The third kappa shape index (κ3) is 8.49. The first kappa shape index (κ1) is 33.9. The third-order valence-corrected chi connectivity index (χ3v) is 10.9. The fraction of sp³-hybridized carbons (Fsp3) is 0.333. The van der Waals surface area contributed by atoms with Crippen LogP contribution in [0, 0.1) is 20.8 Å². The Hall–Kier alpha value is -4.43. The van der Waals surface area contributed by atoms with E-state index in [0.29, 0.717) is 12.1 Å². The van der Waals surface area contributed by atoms with Crippen LogP contribution in [0.25, 0.3) is 0 Å². The summed E-state index contributed by atoms with van der Waals surface area (Å²) in [5.41, 5.74) is 4.97. The lowest BCUT2D eigenvalue weighted by Gasteiger charge is -2.35. The van der Waals surface area contributed by atoms with Gasteiger partial charge in [0.1, 0.15) is 12.6 Å². The highest BCUT2D eigenvalue weighted by Gasteiger charge is 2.36. The van der Waals surface area contributed by atoms with Crippen LogP contribution < -0.4 is 9.62 Å². The van der Waals surface area contributed by atoms with Gasteiger partial charge in [-0.15, -0.1) is 0 Å². The van der Waals surface area contributed by atoms with Gasteiger partial charge in [-0.25, -0.2) is 8.42 Å². The van der Waals surface area contributed by atoms with Crippen molar-refractivity contribution in [2.24, 2.45) is 0 Å². The molecule has 0 aromatic heterocycles. The van der Waals surface area contributed by atoms with Gasteiger partial charge in [-0.3, -0.25) is 13.9 Å². The van der Waals surface area contributed by atoms with Crippen LogP contribution >= 0.6 is 0 Å². The lowest BCUT2D eigenvalue weighted by atomic mass is 9.94. The van der Waals surface area contributed by atoms with E-state index in [1.54, 1.807) is 35.2 Å². The number of carbonyl (C=O) groups is 2. The van der Waals surface area contributed by atoms with E-state index >= 15 is 0 Å². The monoisotopic (exact) mass is 651 g/mol. The number of hydrogen-bond acceptors (Lipinski definition) is 4. The minimum absolute atomic E-state index is 0.0516. The molecule has 8 heteroatoms. The predicted octanol–water partition coefficient (Wildman–Crippen LogP) is 6.90. The van der Waals surface area contributed by atoms with E-state index < -0.39 is 28.5 Å². The maximum Gasteiger partial charge on any atom is 0.264 e. The van der Waals surface area contributed by atoms with Crippen LogP contribution in [0.2, 0.25) is 0 Å². The summed E-state index contributed by atoms with van der Waals surface area (Å²) in [6.07, 6.45) is 5.38. The molecule has 1 aliphatic carbocycles. The van der Waals surface area contributed by atoms with E-state index in [1.165, 1.54) is 16.4 Å². The van der Waals surface area contributed by atoms with Crippen molar-refractivity contribution in [3.63, 3.8) is 0 Å². The number of sulfonamides is 1. The zero-order chi connectivity index (χ0) is 33.4. The molecule has 0 saturated heterocycles. The highest BCUT2D eigenvalue weighted by atomic mass is 32.2. The van der Waals surface area contributed by atoms with E-state index in [-0.39, 0.29) is 23.4 Å². The van der Waals surface area contributed by atoms with Crippen LogP contribution in [0.5, 0.6) is 0 Å². The lowest BCUT2D eigenvalue weighted by molar-refractivity contribution is -0.140. The smallest absolute Gasteiger partial charge is 0.264 e. The van der Waals surface area contributed by atoms with E-state index in [9.17, 15) is 18.0 Å². The van der Waals surface area contributed by atoms with Crippen molar-refractivity contribution in [2.75, 3.05) is 10.8 Å². The lowest BCUT2D eigenvalue weighted by Crippen LogP contribution is -2.55. The number of rotatable bonds is 12. The summed E-state index contributed by atoms with van der Waals surface area (Å²) in [6, 6.07) is 30.4. The molecule has 4 aromatic carbocycles. The topological polar surface area (TPSA) is 86.8 Å². The second-order valence-corrected chi connectivity index (χ2v) is 14.5. The molecule has 0 bridgehead atoms. The summed E-state index contributed by atoms with van der Waals surface area (Å²) >= 11 is 0. The van der Waals surface area contributed by atoms with Crippen LogP contribution in [0.3, 0.4) is 0 Å². The zero-order valence-electron chi connectivity index (χ0n) is 27.6. The Balaban J connectivity index is 1.58. The van der Waals surface area contributed by atoms with Gasteiger partial charge in [-0.1, -0.05) is 110 Å². The summed E-state index contributed by atoms with van der Waals surface area (Å²) in [7, 11) is -4.14. The minimum atomic E-state index is -4.14. The van der Waals surface area contributed by atoms with Gasteiger partial charge in [0.25, 0.3) is 10.0 Å². The molecule has 4 aromatic rings. The largest absolute Gasteiger partial charge is 0.352 e. The van der Waals surface area contributed by atoms with Crippen LogP contribution in [0.1, 0.15) is 59.9 Å². The van der Waals surface area contributed by atoms with Crippen LogP contribution in [0.15, 0.2) is 108 Å². The third-order valence-electron chi connectivity index (χ3n) is 9.15.